The summed E-state index contributed by atoms with van der Waals surface area (Å²) in [6, 6.07) is 5.03. The van der Waals surface area contributed by atoms with Crippen LogP contribution in [0.15, 0.2) is 45.3 Å². The van der Waals surface area contributed by atoms with Crippen LogP contribution in [0.25, 0.3) is 12.2 Å². The van der Waals surface area contributed by atoms with Gasteiger partial charge in [0.05, 0.1) is 12.1 Å². The van der Waals surface area contributed by atoms with Gasteiger partial charge in [0, 0.05) is 0 Å². The molecular weight excluding hydrogens is 296 g/mol. The van der Waals surface area contributed by atoms with Crippen LogP contribution in [-0.4, -0.2) is 15.6 Å². The second kappa shape index (κ2) is 6.31. The van der Waals surface area contributed by atoms with Gasteiger partial charge < -0.3 is 8.83 Å². The summed E-state index contributed by atoms with van der Waals surface area (Å²) in [5.41, 5.74) is 0. The highest BCUT2D eigenvalue weighted by Crippen LogP contribution is 2.18. The molecule has 0 aliphatic rings. The number of carbonyl (C=O) groups is 1. The van der Waals surface area contributed by atoms with E-state index in [9.17, 15) is 25.0 Å². The maximum atomic E-state index is 11.5. The summed E-state index contributed by atoms with van der Waals surface area (Å²) in [7, 11) is 0. The number of allylic oxidation sites excluding steroid dienone is 2. The minimum absolute atomic E-state index is 0.155. The second-order valence-corrected chi connectivity index (χ2v) is 3.94. The molecule has 0 aromatic carbocycles. The van der Waals surface area contributed by atoms with Gasteiger partial charge in [0.2, 0.25) is 0 Å². The van der Waals surface area contributed by atoms with Gasteiger partial charge in [0.25, 0.3) is 0 Å². The van der Waals surface area contributed by atoms with Gasteiger partial charge in [-0.05, 0) is 36.4 Å². The van der Waals surface area contributed by atoms with E-state index in [4.69, 9.17) is 8.83 Å². The first-order valence-electron chi connectivity index (χ1n) is 5.84. The van der Waals surface area contributed by atoms with Crippen molar-refractivity contribution in [2.45, 2.75) is 0 Å². The van der Waals surface area contributed by atoms with Gasteiger partial charge in [0.1, 0.15) is 21.4 Å². The smallest absolute Gasteiger partial charge is 0.401 e. The number of ketones is 1. The minimum Gasteiger partial charge on any atom is -0.401 e. The van der Waals surface area contributed by atoms with E-state index in [-0.39, 0.29) is 11.5 Å². The SMILES string of the molecule is O=C(C=Cc1ccc([N+](=O)[O-])o1)/C=C/c1ccc([N+](=O)[O-])o1. The molecule has 9 nitrogen and oxygen atoms in total. The first-order chi connectivity index (χ1) is 10.5. The predicted molar refractivity (Wildman–Crippen MR) is 73.8 cm³/mol. The molecule has 22 heavy (non-hydrogen) atoms. The highest BCUT2D eigenvalue weighted by molar-refractivity contribution is 6.04. The summed E-state index contributed by atoms with van der Waals surface area (Å²) in [5.74, 6) is -0.988. The number of nitro groups is 2. The van der Waals surface area contributed by atoms with E-state index < -0.39 is 27.4 Å². The van der Waals surface area contributed by atoms with Crippen LogP contribution in [0.1, 0.15) is 11.5 Å². The standard InChI is InChI=1S/C13H8N2O7/c16-9(1-3-10-5-7-12(21-10)14(17)18)2-4-11-6-8-13(22-11)15(19)20/h1-8H/b3-1+,4-2?. The fourth-order valence-corrected chi connectivity index (χ4v) is 1.44. The van der Waals surface area contributed by atoms with Crippen LogP contribution in [0.4, 0.5) is 11.8 Å². The molecular formula is C13H8N2O7. The summed E-state index contributed by atoms with van der Waals surface area (Å²) in [4.78, 5) is 31.0. The van der Waals surface area contributed by atoms with E-state index in [2.05, 4.69) is 0 Å². The molecule has 2 heterocycles. The van der Waals surface area contributed by atoms with Crippen LogP contribution < -0.4 is 0 Å². The summed E-state index contributed by atoms with van der Waals surface area (Å²) in [6.45, 7) is 0. The van der Waals surface area contributed by atoms with E-state index >= 15 is 0 Å². The molecule has 0 aliphatic carbocycles. The number of hydrogen-bond donors (Lipinski definition) is 0. The molecule has 0 fully saturated rings. The normalized spacial score (nSPS) is 11.3. The van der Waals surface area contributed by atoms with Gasteiger partial charge >= 0.3 is 11.8 Å². The Balaban J connectivity index is 1.98. The molecule has 2 rings (SSSR count). The van der Waals surface area contributed by atoms with Crippen molar-refractivity contribution in [1.82, 2.24) is 0 Å². The van der Waals surface area contributed by atoms with Crippen molar-refractivity contribution >= 4 is 29.7 Å². The first-order valence-corrected chi connectivity index (χ1v) is 5.84. The zero-order chi connectivity index (χ0) is 16.1. The van der Waals surface area contributed by atoms with Crippen molar-refractivity contribution in [1.29, 1.82) is 0 Å². The summed E-state index contributed by atoms with van der Waals surface area (Å²) >= 11 is 0. The Hall–Kier alpha value is -3.49. The van der Waals surface area contributed by atoms with Crippen molar-refractivity contribution in [2.24, 2.45) is 0 Å². The molecule has 0 radical (unpaired) electrons. The third-order valence-electron chi connectivity index (χ3n) is 2.41. The summed E-state index contributed by atoms with van der Waals surface area (Å²) < 4.78 is 9.66. The van der Waals surface area contributed by atoms with Gasteiger partial charge in [-0.15, -0.1) is 0 Å². The predicted octanol–water partition coefficient (Wildman–Crippen LogP) is 2.98. The van der Waals surface area contributed by atoms with Gasteiger partial charge in [-0.3, -0.25) is 25.0 Å². The molecule has 0 amide bonds. The third kappa shape index (κ3) is 3.76. The van der Waals surface area contributed by atoms with Crippen LogP contribution in [0.3, 0.4) is 0 Å². The first kappa shape index (κ1) is 14.9. The highest BCUT2D eigenvalue weighted by atomic mass is 16.7. The van der Waals surface area contributed by atoms with Gasteiger partial charge in [-0.1, -0.05) is 0 Å². The monoisotopic (exact) mass is 304 g/mol. The molecule has 0 spiro atoms. The van der Waals surface area contributed by atoms with Crippen LogP contribution in [0, 0.1) is 20.2 Å². The Bertz CT molecular complexity index is 718. The van der Waals surface area contributed by atoms with Crippen LogP contribution in [0.5, 0.6) is 0 Å². The zero-order valence-electron chi connectivity index (χ0n) is 10.9. The molecule has 0 unspecified atom stereocenters. The fourth-order valence-electron chi connectivity index (χ4n) is 1.44. The molecule has 0 aliphatic heterocycles. The quantitative estimate of drug-likeness (QED) is 0.455. The Morgan fingerprint density at radius 1 is 0.864 bits per heavy atom. The van der Waals surface area contributed by atoms with E-state index in [1.54, 1.807) is 0 Å². The number of hydrogen-bond acceptors (Lipinski definition) is 7. The lowest BCUT2D eigenvalue weighted by Gasteiger charge is -1.85. The third-order valence-corrected chi connectivity index (χ3v) is 2.41. The molecule has 0 saturated heterocycles. The van der Waals surface area contributed by atoms with E-state index in [0.717, 1.165) is 12.2 Å². The van der Waals surface area contributed by atoms with Crippen molar-refractivity contribution in [2.75, 3.05) is 0 Å². The lowest BCUT2D eigenvalue weighted by Crippen LogP contribution is -1.84. The minimum atomic E-state index is -0.692. The van der Waals surface area contributed by atoms with Crippen LogP contribution in [-0.2, 0) is 4.79 Å². The highest BCUT2D eigenvalue weighted by Gasteiger charge is 2.11. The largest absolute Gasteiger partial charge is 0.433 e. The number of furan rings is 2. The van der Waals surface area contributed by atoms with Crippen molar-refractivity contribution in [3.05, 3.63) is 68.2 Å². The van der Waals surface area contributed by atoms with E-state index in [1.165, 1.54) is 36.4 Å². The Morgan fingerprint density at radius 2 is 1.27 bits per heavy atom. The Kier molecular flexibility index (Phi) is 4.27. The van der Waals surface area contributed by atoms with Crippen LogP contribution in [0.2, 0.25) is 0 Å². The Morgan fingerprint density at radius 3 is 1.59 bits per heavy atom. The number of nitrogens with zero attached hydrogens (tertiary/aromatic N) is 2. The molecule has 2 aromatic rings. The van der Waals surface area contributed by atoms with Gasteiger partial charge in [-0.2, -0.15) is 0 Å². The molecule has 0 N–H and O–H groups in total. The molecule has 0 bridgehead atoms. The maximum absolute atomic E-state index is 11.5. The van der Waals surface area contributed by atoms with Crippen molar-refractivity contribution < 1.29 is 23.5 Å². The van der Waals surface area contributed by atoms with Crippen molar-refractivity contribution in [3.63, 3.8) is 0 Å². The lowest BCUT2D eigenvalue weighted by atomic mass is 10.3. The second-order valence-electron chi connectivity index (χ2n) is 3.94. The van der Waals surface area contributed by atoms with Crippen molar-refractivity contribution in [3.8, 4) is 0 Å². The fraction of sp³-hybridized carbons (Fsp3) is 0. The lowest BCUT2D eigenvalue weighted by molar-refractivity contribution is -0.402. The molecule has 0 atom stereocenters. The summed E-state index contributed by atoms with van der Waals surface area (Å²) in [5, 5.41) is 20.8. The maximum Gasteiger partial charge on any atom is 0.433 e. The Labute approximate surface area is 122 Å². The average Bonchev–Trinajstić information content (AvgIpc) is 3.12. The molecule has 2 aromatic heterocycles. The molecule has 0 saturated carbocycles. The topological polar surface area (TPSA) is 130 Å². The molecule has 9 heteroatoms. The zero-order valence-corrected chi connectivity index (χ0v) is 10.9. The molecule has 112 valence electrons. The summed E-state index contributed by atoms with van der Waals surface area (Å²) in [6.07, 6.45) is 4.81. The van der Waals surface area contributed by atoms with Gasteiger partial charge in [0.15, 0.2) is 5.78 Å². The number of rotatable bonds is 6. The van der Waals surface area contributed by atoms with E-state index in [1.807, 2.05) is 0 Å². The average molecular weight is 304 g/mol. The van der Waals surface area contributed by atoms with E-state index in [0.29, 0.717) is 0 Å². The van der Waals surface area contributed by atoms with Crippen LogP contribution >= 0.6 is 0 Å². The van der Waals surface area contributed by atoms with Gasteiger partial charge in [-0.25, -0.2) is 0 Å². The number of carbonyl (C=O) groups excluding carboxylic acids is 1.